The first-order valence-electron chi connectivity index (χ1n) is 6.91. The Labute approximate surface area is 115 Å². The van der Waals surface area contributed by atoms with Gasteiger partial charge in [-0.2, -0.15) is 4.98 Å². The third-order valence-electron chi connectivity index (χ3n) is 3.84. The van der Waals surface area contributed by atoms with Crippen LogP contribution >= 0.6 is 0 Å². The highest BCUT2D eigenvalue weighted by Gasteiger charge is 2.25. The van der Waals surface area contributed by atoms with E-state index in [1.165, 1.54) is 19.4 Å². The molecule has 5 nitrogen and oxygen atoms in total. The highest BCUT2D eigenvalue weighted by Crippen LogP contribution is 2.25. The number of hydrogen-bond acceptors (Lipinski definition) is 5. The van der Waals surface area contributed by atoms with Crippen LogP contribution in [0.15, 0.2) is 12.1 Å². The Bertz CT molecular complexity index is 424. The van der Waals surface area contributed by atoms with Crippen LogP contribution in [0.5, 0.6) is 5.88 Å². The van der Waals surface area contributed by atoms with E-state index in [-0.39, 0.29) is 0 Å². The monoisotopic (exact) mass is 264 g/mol. The lowest BCUT2D eigenvalue weighted by Gasteiger charge is -2.29. The fourth-order valence-electron chi connectivity index (χ4n) is 2.78. The second-order valence-corrected chi connectivity index (χ2v) is 5.07. The summed E-state index contributed by atoms with van der Waals surface area (Å²) in [7, 11) is 3.67. The van der Waals surface area contributed by atoms with Gasteiger partial charge in [-0.05, 0) is 32.0 Å². The van der Waals surface area contributed by atoms with Gasteiger partial charge < -0.3 is 15.4 Å². The Balaban J connectivity index is 2.08. The Morgan fingerprint density at radius 2 is 2.32 bits per heavy atom. The molecule has 0 aliphatic carbocycles. The molecule has 2 heterocycles. The van der Waals surface area contributed by atoms with Gasteiger partial charge in [-0.3, -0.25) is 4.90 Å². The second kappa shape index (κ2) is 6.10. The third-order valence-corrected chi connectivity index (χ3v) is 3.84. The Hall–Kier alpha value is -1.49. The lowest BCUT2D eigenvalue weighted by molar-refractivity contribution is 0.270. The fraction of sp³-hybridized carbons (Fsp3) is 0.643. The molecule has 1 aromatic rings. The molecular weight excluding hydrogens is 240 g/mol. The molecule has 0 saturated carbocycles. The number of rotatable bonds is 5. The highest BCUT2D eigenvalue weighted by atomic mass is 16.5. The number of pyridine rings is 1. The fourth-order valence-corrected chi connectivity index (χ4v) is 2.78. The summed E-state index contributed by atoms with van der Waals surface area (Å²) in [5, 5.41) is 0. The molecule has 1 aliphatic heterocycles. The number of anilines is 2. The maximum Gasteiger partial charge on any atom is 0.215 e. The first-order valence-corrected chi connectivity index (χ1v) is 6.91. The van der Waals surface area contributed by atoms with E-state index in [0.717, 1.165) is 18.9 Å². The largest absolute Gasteiger partial charge is 0.481 e. The number of hydrogen-bond donors (Lipinski definition) is 1. The average Bonchev–Trinajstić information content (AvgIpc) is 2.86. The van der Waals surface area contributed by atoms with Gasteiger partial charge in [0.25, 0.3) is 0 Å². The minimum absolute atomic E-state index is 0.599. The topological polar surface area (TPSA) is 54.6 Å². The predicted molar refractivity (Wildman–Crippen MR) is 78.7 cm³/mol. The molecular formula is C14H24N4O. The molecule has 0 radical (unpaired) electrons. The van der Waals surface area contributed by atoms with E-state index in [4.69, 9.17) is 10.5 Å². The zero-order chi connectivity index (χ0) is 13.8. The van der Waals surface area contributed by atoms with Crippen molar-refractivity contribution in [1.82, 2.24) is 9.88 Å². The van der Waals surface area contributed by atoms with Crippen LogP contribution in [0.2, 0.25) is 0 Å². The van der Waals surface area contributed by atoms with Crippen molar-refractivity contribution in [3.8, 4) is 5.88 Å². The number of nitrogens with two attached hydrogens (primary N) is 1. The van der Waals surface area contributed by atoms with Crippen LogP contribution in [-0.2, 0) is 0 Å². The van der Waals surface area contributed by atoms with Crippen molar-refractivity contribution in [2.24, 2.45) is 0 Å². The molecule has 106 valence electrons. The third kappa shape index (κ3) is 3.10. The van der Waals surface area contributed by atoms with Crippen LogP contribution in [0, 0.1) is 0 Å². The van der Waals surface area contributed by atoms with Crippen molar-refractivity contribution in [2.75, 3.05) is 44.4 Å². The molecule has 1 atom stereocenters. The van der Waals surface area contributed by atoms with Crippen molar-refractivity contribution in [3.63, 3.8) is 0 Å². The van der Waals surface area contributed by atoms with E-state index in [1.54, 1.807) is 13.2 Å². The van der Waals surface area contributed by atoms with Crippen LogP contribution in [0.25, 0.3) is 0 Å². The van der Waals surface area contributed by atoms with E-state index >= 15 is 0 Å². The van der Waals surface area contributed by atoms with Gasteiger partial charge in [-0.25, -0.2) is 0 Å². The number of nitrogen functional groups attached to an aromatic ring is 1. The summed E-state index contributed by atoms with van der Waals surface area (Å²) < 4.78 is 5.17. The van der Waals surface area contributed by atoms with Gasteiger partial charge in [0.2, 0.25) is 5.88 Å². The normalized spacial score (nSPS) is 19.6. The minimum atomic E-state index is 0.599. The standard InChI is InChI=1S/C14H24N4O/c1-4-18-9-5-6-11(18)10-17(2)14-12(15)7-8-13(16-14)19-3/h7-8,11H,4-6,9-10,15H2,1-3H3. The van der Waals surface area contributed by atoms with Gasteiger partial charge in [0.05, 0.1) is 12.8 Å². The average molecular weight is 264 g/mol. The van der Waals surface area contributed by atoms with Crippen molar-refractivity contribution in [2.45, 2.75) is 25.8 Å². The van der Waals surface area contributed by atoms with Crippen LogP contribution in [0.3, 0.4) is 0 Å². The summed E-state index contributed by atoms with van der Waals surface area (Å²) in [6.07, 6.45) is 2.54. The molecule has 1 unspecified atom stereocenters. The smallest absolute Gasteiger partial charge is 0.215 e. The molecule has 2 rings (SSSR count). The van der Waals surface area contributed by atoms with Crippen LogP contribution in [-0.4, -0.2) is 49.7 Å². The summed E-state index contributed by atoms with van der Waals surface area (Å²) in [5.41, 5.74) is 6.71. The number of likely N-dealkylation sites (tertiary alicyclic amines) is 1. The predicted octanol–water partition coefficient (Wildman–Crippen LogP) is 1.59. The second-order valence-electron chi connectivity index (χ2n) is 5.07. The molecule has 1 aliphatic rings. The molecule has 1 aromatic heterocycles. The summed E-state index contributed by atoms with van der Waals surface area (Å²) in [6, 6.07) is 4.24. The lowest BCUT2D eigenvalue weighted by Crippen LogP contribution is -2.39. The molecule has 0 amide bonds. The van der Waals surface area contributed by atoms with E-state index in [0.29, 0.717) is 17.6 Å². The first kappa shape index (κ1) is 13.9. The van der Waals surface area contributed by atoms with Gasteiger partial charge in [0, 0.05) is 25.7 Å². The van der Waals surface area contributed by atoms with Crippen LogP contribution < -0.4 is 15.4 Å². The van der Waals surface area contributed by atoms with Crippen molar-refractivity contribution in [1.29, 1.82) is 0 Å². The van der Waals surface area contributed by atoms with E-state index in [1.807, 2.05) is 13.1 Å². The quantitative estimate of drug-likeness (QED) is 0.875. The molecule has 0 aromatic carbocycles. The van der Waals surface area contributed by atoms with Gasteiger partial charge in [0.15, 0.2) is 5.82 Å². The summed E-state index contributed by atoms with van der Waals surface area (Å²) in [4.78, 5) is 9.10. The molecule has 2 N–H and O–H groups in total. The molecule has 0 spiro atoms. The highest BCUT2D eigenvalue weighted by molar-refractivity contribution is 5.63. The number of nitrogens with zero attached hydrogens (tertiary/aromatic N) is 3. The molecule has 1 saturated heterocycles. The maximum absolute atomic E-state index is 6.01. The van der Waals surface area contributed by atoms with Gasteiger partial charge in [0.1, 0.15) is 0 Å². The Kier molecular flexibility index (Phi) is 4.47. The van der Waals surface area contributed by atoms with Crippen LogP contribution in [0.4, 0.5) is 11.5 Å². The van der Waals surface area contributed by atoms with Crippen molar-refractivity contribution < 1.29 is 4.74 Å². The Morgan fingerprint density at radius 1 is 1.53 bits per heavy atom. The van der Waals surface area contributed by atoms with Crippen LogP contribution in [0.1, 0.15) is 19.8 Å². The van der Waals surface area contributed by atoms with E-state index in [9.17, 15) is 0 Å². The molecule has 1 fully saturated rings. The molecule has 19 heavy (non-hydrogen) atoms. The number of ether oxygens (including phenoxy) is 1. The van der Waals surface area contributed by atoms with Gasteiger partial charge in [-0.1, -0.05) is 6.92 Å². The Morgan fingerprint density at radius 3 is 3.00 bits per heavy atom. The molecule has 0 bridgehead atoms. The van der Waals surface area contributed by atoms with Gasteiger partial charge >= 0.3 is 0 Å². The van der Waals surface area contributed by atoms with E-state index in [2.05, 4.69) is 21.7 Å². The number of methoxy groups -OCH3 is 1. The zero-order valence-electron chi connectivity index (χ0n) is 12.1. The number of likely N-dealkylation sites (N-methyl/N-ethyl adjacent to an activating group) is 2. The van der Waals surface area contributed by atoms with Crippen molar-refractivity contribution in [3.05, 3.63) is 12.1 Å². The first-order chi connectivity index (χ1) is 9.15. The van der Waals surface area contributed by atoms with Crippen molar-refractivity contribution >= 4 is 11.5 Å². The minimum Gasteiger partial charge on any atom is -0.481 e. The number of aromatic nitrogens is 1. The van der Waals surface area contributed by atoms with E-state index < -0.39 is 0 Å². The van der Waals surface area contributed by atoms with Gasteiger partial charge in [-0.15, -0.1) is 0 Å². The lowest BCUT2D eigenvalue weighted by atomic mass is 10.2. The summed E-state index contributed by atoms with van der Waals surface area (Å²) in [6.45, 7) is 5.49. The SMILES string of the molecule is CCN1CCCC1CN(C)c1nc(OC)ccc1N. The summed E-state index contributed by atoms with van der Waals surface area (Å²) >= 11 is 0. The zero-order valence-corrected chi connectivity index (χ0v) is 12.1. The summed E-state index contributed by atoms with van der Waals surface area (Å²) in [5.74, 6) is 1.41. The maximum atomic E-state index is 6.01. The molecule has 5 heteroatoms.